The second-order valence-corrected chi connectivity index (χ2v) is 7.03. The molecule has 3 aromatic heterocycles. The van der Waals surface area contributed by atoms with Gasteiger partial charge in [0, 0.05) is 27.6 Å². The Kier molecular flexibility index (Phi) is 3.20. The number of ketones is 2. The van der Waals surface area contributed by atoms with Gasteiger partial charge in [0.2, 0.25) is 0 Å². The number of aromatic nitrogens is 3. The molecule has 1 aliphatic carbocycles. The molecule has 124 valence electrons. The molecule has 0 spiro atoms. The van der Waals surface area contributed by atoms with Crippen LogP contribution in [0.25, 0.3) is 22.1 Å². The first kappa shape index (κ1) is 14.9. The minimum Gasteiger partial charge on any atom is -0.291 e. The van der Waals surface area contributed by atoms with Gasteiger partial charge < -0.3 is 0 Å². The molecule has 1 aromatic carbocycles. The van der Waals surface area contributed by atoms with E-state index in [9.17, 15) is 9.59 Å². The van der Waals surface area contributed by atoms with Crippen molar-refractivity contribution >= 4 is 40.0 Å². The van der Waals surface area contributed by atoms with Crippen LogP contribution in [-0.4, -0.2) is 26.3 Å². The number of benzene rings is 1. The maximum absolute atomic E-state index is 12.5. The van der Waals surface area contributed by atoms with Gasteiger partial charge in [-0.2, -0.15) is 5.10 Å². The number of Topliss-reactive ketones (excluding diaryl/α,β-unsaturated/α-hetero) is 2. The van der Waals surface area contributed by atoms with E-state index in [1.807, 2.05) is 35.0 Å². The van der Waals surface area contributed by atoms with Crippen molar-refractivity contribution in [3.05, 3.63) is 82.5 Å². The molecule has 0 aliphatic heterocycles. The molecular formula is C20H11N3O2S. The van der Waals surface area contributed by atoms with Crippen molar-refractivity contribution < 1.29 is 9.59 Å². The van der Waals surface area contributed by atoms with Crippen LogP contribution >= 0.6 is 11.3 Å². The molecule has 6 heteroatoms. The van der Waals surface area contributed by atoms with E-state index in [1.54, 1.807) is 36.5 Å². The van der Waals surface area contributed by atoms with Crippen LogP contribution in [0.3, 0.4) is 0 Å². The molecule has 0 radical (unpaired) electrons. The van der Waals surface area contributed by atoms with E-state index in [1.165, 1.54) is 11.3 Å². The highest BCUT2D eigenvalue weighted by molar-refractivity contribution is 7.15. The van der Waals surface area contributed by atoms with Crippen molar-refractivity contribution in [1.29, 1.82) is 0 Å². The molecule has 0 bridgehead atoms. The Morgan fingerprint density at radius 3 is 2.46 bits per heavy atom. The highest BCUT2D eigenvalue weighted by Gasteiger charge is 2.32. The van der Waals surface area contributed by atoms with Gasteiger partial charge in [0.15, 0.2) is 17.2 Å². The predicted octanol–water partition coefficient (Wildman–Crippen LogP) is 3.94. The van der Waals surface area contributed by atoms with E-state index >= 15 is 0 Å². The van der Waals surface area contributed by atoms with E-state index in [-0.39, 0.29) is 17.1 Å². The molecule has 0 fully saturated rings. The van der Waals surface area contributed by atoms with Crippen LogP contribution in [0.5, 0.6) is 0 Å². The highest BCUT2D eigenvalue weighted by atomic mass is 32.1. The monoisotopic (exact) mass is 357 g/mol. The molecule has 4 aromatic rings. The van der Waals surface area contributed by atoms with Crippen LogP contribution < -0.4 is 0 Å². The molecular weight excluding hydrogens is 346 g/mol. The quantitative estimate of drug-likeness (QED) is 0.403. The van der Waals surface area contributed by atoms with Crippen LogP contribution in [0, 0.1) is 0 Å². The maximum Gasteiger partial charge on any atom is 0.197 e. The average molecular weight is 357 g/mol. The number of hydrogen-bond donors (Lipinski definition) is 0. The third-order valence-electron chi connectivity index (χ3n) is 4.40. The third kappa shape index (κ3) is 2.16. The zero-order chi connectivity index (χ0) is 17.7. The number of carbonyl (C=O) groups excluding carboxylic acids is 2. The third-order valence-corrected chi connectivity index (χ3v) is 5.44. The van der Waals surface area contributed by atoms with Crippen molar-refractivity contribution in [2.24, 2.45) is 0 Å². The normalized spacial score (nSPS) is 13.5. The van der Waals surface area contributed by atoms with Crippen LogP contribution in [0.15, 0.2) is 66.5 Å². The number of carbonyl (C=O) groups is 2. The van der Waals surface area contributed by atoms with Crippen molar-refractivity contribution in [3.8, 4) is 5.00 Å². The Bertz CT molecular complexity index is 1200. The molecule has 0 atom stereocenters. The first-order valence-electron chi connectivity index (χ1n) is 8.01. The number of thiophene rings is 1. The van der Waals surface area contributed by atoms with Gasteiger partial charge in [0.05, 0.1) is 11.8 Å². The van der Waals surface area contributed by atoms with Gasteiger partial charge in [-0.25, -0.2) is 0 Å². The topological polar surface area (TPSA) is 64.8 Å². The maximum atomic E-state index is 12.5. The summed E-state index contributed by atoms with van der Waals surface area (Å²) in [5.74, 6) is -0.421. The Morgan fingerprint density at radius 2 is 1.69 bits per heavy atom. The fraction of sp³-hybridized carbons (Fsp3) is 0. The standard InChI is InChI=1S/C20H11N3O2S/c24-18-14-3-1-2-4-15(14)19(25)16(18)11-13-5-6-17(26-13)23-10-8-12-7-9-21-22-20(12)23/h1-11H. The second-order valence-electron chi connectivity index (χ2n) is 5.93. The van der Waals surface area contributed by atoms with Gasteiger partial charge in [0.25, 0.3) is 0 Å². The van der Waals surface area contributed by atoms with Crippen molar-refractivity contribution in [2.45, 2.75) is 0 Å². The summed E-state index contributed by atoms with van der Waals surface area (Å²) in [6.45, 7) is 0. The minimum atomic E-state index is -0.210. The molecule has 5 nitrogen and oxygen atoms in total. The zero-order valence-electron chi connectivity index (χ0n) is 13.4. The van der Waals surface area contributed by atoms with Gasteiger partial charge in [-0.15, -0.1) is 16.4 Å². The van der Waals surface area contributed by atoms with Crippen molar-refractivity contribution in [1.82, 2.24) is 14.8 Å². The van der Waals surface area contributed by atoms with Crippen LogP contribution in [0.4, 0.5) is 0 Å². The van der Waals surface area contributed by atoms with E-state index in [0.29, 0.717) is 11.1 Å². The first-order chi connectivity index (χ1) is 12.7. The Labute approximate surface area is 152 Å². The molecule has 0 unspecified atom stereocenters. The summed E-state index contributed by atoms with van der Waals surface area (Å²) < 4.78 is 1.95. The van der Waals surface area contributed by atoms with Gasteiger partial charge in [-0.05, 0) is 30.3 Å². The summed E-state index contributed by atoms with van der Waals surface area (Å²) in [6.07, 6.45) is 5.27. The van der Waals surface area contributed by atoms with E-state index in [4.69, 9.17) is 0 Å². The molecule has 0 saturated heterocycles. The summed E-state index contributed by atoms with van der Waals surface area (Å²) >= 11 is 1.49. The number of allylic oxidation sites excluding steroid dienone is 1. The molecule has 3 heterocycles. The number of rotatable bonds is 2. The second kappa shape index (κ2) is 5.57. The predicted molar refractivity (Wildman–Crippen MR) is 99.8 cm³/mol. The first-order valence-corrected chi connectivity index (χ1v) is 8.83. The SMILES string of the molecule is O=C1C(=Cc2ccc(-n3ccc4ccnnc43)s2)C(=O)c2ccccc21. The molecule has 26 heavy (non-hydrogen) atoms. The summed E-state index contributed by atoms with van der Waals surface area (Å²) in [5, 5.41) is 10.1. The van der Waals surface area contributed by atoms with E-state index in [0.717, 1.165) is 20.9 Å². The Balaban J connectivity index is 1.55. The lowest BCUT2D eigenvalue weighted by Gasteiger charge is -1.99. The summed E-state index contributed by atoms with van der Waals surface area (Å²) in [5.41, 5.74) is 1.95. The summed E-state index contributed by atoms with van der Waals surface area (Å²) in [7, 11) is 0. The van der Waals surface area contributed by atoms with Gasteiger partial charge in [-0.1, -0.05) is 24.3 Å². The summed E-state index contributed by atoms with van der Waals surface area (Å²) in [4.78, 5) is 25.9. The van der Waals surface area contributed by atoms with Gasteiger partial charge >= 0.3 is 0 Å². The van der Waals surface area contributed by atoms with Crippen LogP contribution in [-0.2, 0) is 0 Å². The van der Waals surface area contributed by atoms with Gasteiger partial charge in [-0.3, -0.25) is 14.2 Å². The van der Waals surface area contributed by atoms with Crippen molar-refractivity contribution in [3.63, 3.8) is 0 Å². The van der Waals surface area contributed by atoms with Crippen LogP contribution in [0.1, 0.15) is 25.6 Å². The largest absolute Gasteiger partial charge is 0.291 e. The zero-order valence-corrected chi connectivity index (χ0v) is 14.2. The number of nitrogens with zero attached hydrogens (tertiary/aromatic N) is 3. The van der Waals surface area contributed by atoms with E-state index in [2.05, 4.69) is 10.2 Å². The molecule has 0 N–H and O–H groups in total. The van der Waals surface area contributed by atoms with E-state index < -0.39 is 0 Å². The number of hydrogen-bond acceptors (Lipinski definition) is 5. The summed E-state index contributed by atoms with van der Waals surface area (Å²) in [6, 6.07) is 14.7. The lowest BCUT2D eigenvalue weighted by molar-refractivity contribution is 0.0990. The minimum absolute atomic E-state index is 0.210. The molecule has 0 saturated carbocycles. The molecule has 0 amide bonds. The fourth-order valence-corrected chi connectivity index (χ4v) is 4.09. The van der Waals surface area contributed by atoms with Crippen LogP contribution in [0.2, 0.25) is 0 Å². The Morgan fingerprint density at radius 1 is 0.923 bits per heavy atom. The average Bonchev–Trinajstić information content (AvgIpc) is 3.36. The lowest BCUT2D eigenvalue weighted by atomic mass is 10.1. The smallest absolute Gasteiger partial charge is 0.197 e. The van der Waals surface area contributed by atoms with Crippen molar-refractivity contribution in [2.75, 3.05) is 0 Å². The fourth-order valence-electron chi connectivity index (χ4n) is 3.15. The number of fused-ring (bicyclic) bond motifs is 2. The molecule has 1 aliphatic rings. The molecule has 5 rings (SSSR count). The lowest BCUT2D eigenvalue weighted by Crippen LogP contribution is -1.99. The van der Waals surface area contributed by atoms with Gasteiger partial charge in [0.1, 0.15) is 5.00 Å². The Hall–Kier alpha value is -3.38. The highest BCUT2D eigenvalue weighted by Crippen LogP contribution is 2.31.